The third-order valence-electron chi connectivity index (χ3n) is 3.88. The number of rotatable bonds is 4. The molecule has 1 fully saturated rings. The third-order valence-corrected chi connectivity index (χ3v) is 4.55. The molecule has 0 radical (unpaired) electrons. The molecule has 2 rings (SSSR count). The zero-order chi connectivity index (χ0) is 14.5. The number of amides is 1. The van der Waals surface area contributed by atoms with Crippen LogP contribution in [0.5, 0.6) is 0 Å². The molecule has 0 bridgehead atoms. The van der Waals surface area contributed by atoms with Crippen LogP contribution in [0, 0.1) is 3.57 Å². The number of carbonyl (C=O) groups excluding carboxylic acids is 1. The average Bonchev–Trinajstić information content (AvgIpc) is 2.46. The first kappa shape index (κ1) is 18.7. The van der Waals surface area contributed by atoms with Gasteiger partial charge in [-0.3, -0.25) is 9.69 Å². The number of anilines is 1. The smallest absolute Gasteiger partial charge is 0.241 e. The molecule has 1 amide bonds. The van der Waals surface area contributed by atoms with Gasteiger partial charge in [0, 0.05) is 21.8 Å². The molecule has 4 nitrogen and oxygen atoms in total. The number of hydrogen-bond acceptors (Lipinski definition) is 3. The van der Waals surface area contributed by atoms with Gasteiger partial charge in [-0.25, -0.2) is 0 Å². The minimum Gasteiger partial charge on any atom is -0.325 e. The molecule has 1 aromatic rings. The maximum atomic E-state index is 12.3. The van der Waals surface area contributed by atoms with E-state index < -0.39 is 0 Å². The summed E-state index contributed by atoms with van der Waals surface area (Å²) < 4.78 is 1.13. The monoisotopic (exact) mass is 423 g/mol. The van der Waals surface area contributed by atoms with Crippen molar-refractivity contribution in [2.24, 2.45) is 0 Å². The predicted molar refractivity (Wildman–Crippen MR) is 98.2 cm³/mol. The first-order valence-corrected chi connectivity index (χ1v) is 8.16. The average molecular weight is 424 g/mol. The lowest BCUT2D eigenvalue weighted by Gasteiger charge is -2.35. The summed E-state index contributed by atoms with van der Waals surface area (Å²) >= 11 is 2.25. The van der Waals surface area contributed by atoms with Gasteiger partial charge in [-0.2, -0.15) is 0 Å². The van der Waals surface area contributed by atoms with Crippen molar-refractivity contribution < 1.29 is 4.79 Å². The lowest BCUT2D eigenvalue weighted by atomic mass is 10.0. The normalized spacial score (nSPS) is 20.4. The summed E-state index contributed by atoms with van der Waals surface area (Å²) in [7, 11) is 1.99. The second-order valence-electron chi connectivity index (χ2n) is 5.30. The fourth-order valence-electron chi connectivity index (χ4n) is 2.57. The van der Waals surface area contributed by atoms with E-state index in [1.165, 1.54) is 6.42 Å². The zero-order valence-corrected chi connectivity index (χ0v) is 15.4. The number of piperidine rings is 1. The number of benzene rings is 1. The SMILES string of the molecule is CNC1CCCN(C(C)C(=O)Nc2cccc(I)c2)C1.Cl. The van der Waals surface area contributed by atoms with E-state index in [1.54, 1.807) is 0 Å². The van der Waals surface area contributed by atoms with E-state index in [9.17, 15) is 4.79 Å². The lowest BCUT2D eigenvalue weighted by molar-refractivity contribution is -0.121. The summed E-state index contributed by atoms with van der Waals surface area (Å²) in [6.07, 6.45) is 2.34. The van der Waals surface area contributed by atoms with Crippen LogP contribution in [-0.4, -0.2) is 43.0 Å². The number of hydrogen-bond donors (Lipinski definition) is 2. The highest BCUT2D eigenvalue weighted by atomic mass is 127. The first-order valence-electron chi connectivity index (χ1n) is 7.08. The highest BCUT2D eigenvalue weighted by Gasteiger charge is 2.26. The maximum absolute atomic E-state index is 12.3. The fraction of sp³-hybridized carbons (Fsp3) is 0.533. The van der Waals surface area contributed by atoms with E-state index >= 15 is 0 Å². The van der Waals surface area contributed by atoms with Crippen molar-refractivity contribution >= 4 is 46.6 Å². The van der Waals surface area contributed by atoms with Gasteiger partial charge in [0.15, 0.2) is 0 Å². The van der Waals surface area contributed by atoms with Gasteiger partial charge in [0.25, 0.3) is 0 Å². The zero-order valence-electron chi connectivity index (χ0n) is 12.4. The van der Waals surface area contributed by atoms with Crippen LogP contribution in [0.2, 0.25) is 0 Å². The van der Waals surface area contributed by atoms with E-state index in [0.717, 1.165) is 28.8 Å². The minimum atomic E-state index is -0.0935. The molecule has 0 saturated carbocycles. The molecule has 1 aliphatic heterocycles. The standard InChI is InChI=1S/C15H22IN3O.ClH/c1-11(19-8-4-7-14(10-19)17-2)15(20)18-13-6-3-5-12(16)9-13;/h3,5-6,9,11,14,17H,4,7-8,10H2,1-2H3,(H,18,20);1H. The van der Waals surface area contributed by atoms with E-state index in [4.69, 9.17) is 0 Å². The Bertz CT molecular complexity index is 472. The van der Waals surface area contributed by atoms with Crippen LogP contribution in [0.4, 0.5) is 5.69 Å². The summed E-state index contributed by atoms with van der Waals surface area (Å²) in [6, 6.07) is 8.29. The highest BCUT2D eigenvalue weighted by Crippen LogP contribution is 2.16. The largest absolute Gasteiger partial charge is 0.325 e. The van der Waals surface area contributed by atoms with E-state index in [0.29, 0.717) is 6.04 Å². The van der Waals surface area contributed by atoms with Gasteiger partial charge in [0.1, 0.15) is 0 Å². The topological polar surface area (TPSA) is 44.4 Å². The van der Waals surface area contributed by atoms with Crippen molar-refractivity contribution in [3.8, 4) is 0 Å². The Morgan fingerprint density at radius 3 is 2.90 bits per heavy atom. The van der Waals surface area contributed by atoms with E-state index in [-0.39, 0.29) is 24.4 Å². The molecular weight excluding hydrogens is 401 g/mol. The molecule has 0 aromatic heterocycles. The van der Waals surface area contributed by atoms with Gasteiger partial charge < -0.3 is 10.6 Å². The first-order chi connectivity index (χ1) is 9.60. The molecule has 6 heteroatoms. The van der Waals surface area contributed by atoms with Gasteiger partial charge in [-0.1, -0.05) is 6.07 Å². The molecule has 0 spiro atoms. The maximum Gasteiger partial charge on any atom is 0.241 e. The molecule has 2 unspecified atom stereocenters. The summed E-state index contributed by atoms with van der Waals surface area (Å²) in [5, 5.41) is 6.32. The van der Waals surface area contributed by atoms with E-state index in [1.807, 2.05) is 38.2 Å². The lowest BCUT2D eigenvalue weighted by Crippen LogP contribution is -2.51. The Morgan fingerprint density at radius 1 is 1.48 bits per heavy atom. The number of likely N-dealkylation sites (tertiary alicyclic amines) is 1. The Labute approximate surface area is 146 Å². The second kappa shape index (κ2) is 8.92. The van der Waals surface area contributed by atoms with Crippen molar-refractivity contribution in [1.29, 1.82) is 0 Å². The Hall–Kier alpha value is -0.370. The molecule has 21 heavy (non-hydrogen) atoms. The van der Waals surface area contributed by atoms with Crippen LogP contribution in [0.1, 0.15) is 19.8 Å². The van der Waals surface area contributed by atoms with Gasteiger partial charge in [0.2, 0.25) is 5.91 Å². The molecule has 1 aliphatic rings. The van der Waals surface area contributed by atoms with Crippen molar-refractivity contribution in [3.05, 3.63) is 27.8 Å². The Morgan fingerprint density at radius 2 is 2.24 bits per heavy atom. The van der Waals surface area contributed by atoms with Gasteiger partial charge >= 0.3 is 0 Å². The van der Waals surface area contributed by atoms with Gasteiger partial charge in [-0.05, 0) is 74.1 Å². The van der Waals surface area contributed by atoms with Crippen LogP contribution in [-0.2, 0) is 4.79 Å². The van der Waals surface area contributed by atoms with Crippen LogP contribution >= 0.6 is 35.0 Å². The summed E-state index contributed by atoms with van der Waals surface area (Å²) in [5.74, 6) is 0.0729. The van der Waals surface area contributed by atoms with Crippen molar-refractivity contribution in [2.45, 2.75) is 31.8 Å². The molecule has 0 aliphatic carbocycles. The number of halogens is 2. The Balaban J connectivity index is 0.00000220. The molecule has 2 atom stereocenters. The van der Waals surface area contributed by atoms with Gasteiger partial charge in [-0.15, -0.1) is 12.4 Å². The third kappa shape index (κ3) is 5.39. The van der Waals surface area contributed by atoms with E-state index in [2.05, 4.69) is 38.1 Å². The predicted octanol–water partition coefficient (Wildman–Crippen LogP) is 2.72. The molecule has 1 heterocycles. The van der Waals surface area contributed by atoms with Crippen molar-refractivity contribution in [3.63, 3.8) is 0 Å². The molecule has 118 valence electrons. The fourth-order valence-corrected chi connectivity index (χ4v) is 3.12. The van der Waals surface area contributed by atoms with Crippen LogP contribution in [0.15, 0.2) is 24.3 Å². The molecule has 2 N–H and O–H groups in total. The second-order valence-corrected chi connectivity index (χ2v) is 6.54. The van der Waals surface area contributed by atoms with Crippen LogP contribution < -0.4 is 10.6 Å². The summed E-state index contributed by atoms with van der Waals surface area (Å²) in [4.78, 5) is 14.6. The molecular formula is C15H23ClIN3O. The highest BCUT2D eigenvalue weighted by molar-refractivity contribution is 14.1. The minimum absolute atomic E-state index is 0. The number of carbonyl (C=O) groups is 1. The van der Waals surface area contributed by atoms with Crippen LogP contribution in [0.3, 0.4) is 0 Å². The Kier molecular flexibility index (Phi) is 7.94. The van der Waals surface area contributed by atoms with Crippen molar-refractivity contribution in [1.82, 2.24) is 10.2 Å². The van der Waals surface area contributed by atoms with Crippen molar-refractivity contribution in [2.75, 3.05) is 25.5 Å². The number of likely N-dealkylation sites (N-methyl/N-ethyl adjacent to an activating group) is 1. The quantitative estimate of drug-likeness (QED) is 0.732. The van der Waals surface area contributed by atoms with Crippen LogP contribution in [0.25, 0.3) is 0 Å². The number of nitrogens with zero attached hydrogens (tertiary/aromatic N) is 1. The molecule has 1 saturated heterocycles. The summed E-state index contributed by atoms with van der Waals surface area (Å²) in [6.45, 7) is 3.93. The number of nitrogens with one attached hydrogen (secondary N) is 2. The summed E-state index contributed by atoms with van der Waals surface area (Å²) in [5.41, 5.74) is 0.871. The molecule has 1 aromatic carbocycles. The van der Waals surface area contributed by atoms with Gasteiger partial charge in [0.05, 0.1) is 6.04 Å².